The van der Waals surface area contributed by atoms with Gasteiger partial charge < -0.3 is 38.1 Å². The fourth-order valence-corrected chi connectivity index (χ4v) is 12.6. The highest BCUT2D eigenvalue weighted by atomic mass is 16.6. The third-order valence-corrected chi connectivity index (χ3v) is 16.0. The molecule has 53 heavy (non-hydrogen) atoms. The van der Waals surface area contributed by atoms with E-state index in [2.05, 4.69) is 61.5 Å². The number of esters is 2. The van der Waals surface area contributed by atoms with Gasteiger partial charge in [-0.15, -0.1) is 0 Å². The molecule has 2 saturated heterocycles. The number of aliphatic hydroxyl groups excluding tert-OH is 2. The molecule has 2 bridgehead atoms. The minimum atomic E-state index is -0.726. The molecule has 2 heterocycles. The van der Waals surface area contributed by atoms with Gasteiger partial charge in [0.05, 0.1) is 50.7 Å². The predicted molar refractivity (Wildman–Crippen MR) is 203 cm³/mol. The maximum atomic E-state index is 14.3. The Morgan fingerprint density at radius 2 is 1.38 bits per heavy atom. The van der Waals surface area contributed by atoms with Crippen molar-refractivity contribution < 1.29 is 47.7 Å². The molecule has 7 aliphatic rings. The molecule has 0 amide bonds. The summed E-state index contributed by atoms with van der Waals surface area (Å²) in [4.78, 5) is 28.5. The summed E-state index contributed by atoms with van der Waals surface area (Å²) >= 11 is 0. The van der Waals surface area contributed by atoms with Crippen molar-refractivity contribution >= 4 is 11.9 Å². The number of rotatable bonds is 19. The summed E-state index contributed by atoms with van der Waals surface area (Å²) in [5.41, 5.74) is 0.386. The van der Waals surface area contributed by atoms with Crippen molar-refractivity contribution in [2.75, 3.05) is 78.8 Å². The number of quaternary nitrogens is 2. The number of likely N-dealkylation sites (N-methyl/N-ethyl adjacent to an activating group) is 2. The Morgan fingerprint density at radius 1 is 0.830 bits per heavy atom. The van der Waals surface area contributed by atoms with E-state index in [4.69, 9.17) is 18.9 Å². The van der Waals surface area contributed by atoms with Crippen molar-refractivity contribution in [3.8, 4) is 0 Å². The van der Waals surface area contributed by atoms with Crippen LogP contribution >= 0.6 is 0 Å². The average Bonchev–Trinajstić information content (AvgIpc) is 4.09. The Kier molecular flexibility index (Phi) is 12.2. The molecule has 1 spiro atoms. The van der Waals surface area contributed by atoms with Gasteiger partial charge in [-0.1, -0.05) is 38.8 Å². The molecule has 0 aromatic carbocycles. The largest absolute Gasteiger partial charge is 0.462 e. The molecular formula is C43H74N2O8+2. The maximum Gasteiger partial charge on any atom is 0.312 e. The van der Waals surface area contributed by atoms with Crippen LogP contribution in [0.1, 0.15) is 100 Å². The zero-order chi connectivity index (χ0) is 38.4. The molecule has 2 aliphatic heterocycles. The van der Waals surface area contributed by atoms with Crippen LogP contribution in [0.25, 0.3) is 0 Å². The lowest BCUT2D eigenvalue weighted by Crippen LogP contribution is -2.64. The van der Waals surface area contributed by atoms with Gasteiger partial charge in [0.15, 0.2) is 0 Å². The summed E-state index contributed by atoms with van der Waals surface area (Å²) in [5.74, 6) is 0.540. The third kappa shape index (κ3) is 8.03. The smallest absolute Gasteiger partial charge is 0.312 e. The number of epoxide rings is 2. The summed E-state index contributed by atoms with van der Waals surface area (Å²) in [5, 5.41) is 22.4. The SMILES string of the molecule is CC[N+](CC)(CC(O)COC(=O)C1CC2C[C@H]3C1(C=C2C(C)C)CC[C@@H]1[C@]3(C)CCC[C@@]1(C)C(=O)OCC(O)C[N+](CC)(CC)CC1CO1)CC1CO1. The first-order chi connectivity index (χ1) is 25.1. The van der Waals surface area contributed by atoms with Crippen molar-refractivity contribution in [1.29, 1.82) is 0 Å². The van der Waals surface area contributed by atoms with Crippen LogP contribution < -0.4 is 0 Å². The van der Waals surface area contributed by atoms with E-state index in [1.165, 1.54) is 5.57 Å². The zero-order valence-corrected chi connectivity index (χ0v) is 34.4. The second-order valence-electron chi connectivity index (χ2n) is 19.2. The number of carbonyl (C=O) groups is 2. The van der Waals surface area contributed by atoms with Gasteiger partial charge in [-0.2, -0.15) is 0 Å². The summed E-state index contributed by atoms with van der Waals surface area (Å²) in [6.45, 7) is 25.8. The van der Waals surface area contributed by atoms with Crippen molar-refractivity contribution in [2.45, 2.75) is 125 Å². The molecule has 7 unspecified atom stereocenters. The van der Waals surface area contributed by atoms with Gasteiger partial charge in [0.2, 0.25) is 0 Å². The van der Waals surface area contributed by atoms with Crippen molar-refractivity contribution in [3.63, 3.8) is 0 Å². The molecule has 10 heteroatoms. The lowest BCUT2D eigenvalue weighted by molar-refractivity contribution is -0.928. The molecule has 5 fully saturated rings. The van der Waals surface area contributed by atoms with Gasteiger partial charge in [-0.25, -0.2) is 0 Å². The number of ether oxygens (including phenoxy) is 4. The first-order valence-electron chi connectivity index (χ1n) is 21.5. The first-order valence-corrected chi connectivity index (χ1v) is 21.5. The van der Waals surface area contributed by atoms with E-state index in [0.29, 0.717) is 24.9 Å². The number of hydrogen-bond acceptors (Lipinski definition) is 8. The molecule has 0 aromatic heterocycles. The highest BCUT2D eigenvalue weighted by Gasteiger charge is 2.68. The van der Waals surface area contributed by atoms with Crippen molar-refractivity contribution in [2.24, 2.45) is 45.8 Å². The Hall–Kier alpha value is -1.56. The van der Waals surface area contributed by atoms with E-state index in [-0.39, 0.29) is 65.9 Å². The summed E-state index contributed by atoms with van der Waals surface area (Å²) in [7, 11) is 0. The van der Waals surface area contributed by atoms with E-state index >= 15 is 0 Å². The summed E-state index contributed by atoms with van der Waals surface area (Å²) in [6, 6.07) is 0. The Labute approximate surface area is 320 Å². The van der Waals surface area contributed by atoms with Gasteiger partial charge in [-0.3, -0.25) is 9.59 Å². The minimum absolute atomic E-state index is 0.0178. The number of allylic oxidation sites excluding steroid dienone is 2. The van der Waals surface area contributed by atoms with Gasteiger partial charge >= 0.3 is 11.9 Å². The molecule has 10 nitrogen and oxygen atoms in total. The van der Waals surface area contributed by atoms with Gasteiger partial charge in [0, 0.05) is 5.41 Å². The molecule has 302 valence electrons. The number of nitrogens with zero attached hydrogens (tertiary/aromatic N) is 2. The highest BCUT2D eigenvalue weighted by Crippen LogP contribution is 2.72. The van der Waals surface area contributed by atoms with Crippen LogP contribution in [0.4, 0.5) is 0 Å². The number of aliphatic hydroxyl groups is 2. The fourth-order valence-electron chi connectivity index (χ4n) is 12.6. The molecule has 7 rings (SSSR count). The van der Waals surface area contributed by atoms with Crippen LogP contribution in [0.3, 0.4) is 0 Å². The van der Waals surface area contributed by atoms with Crippen LogP contribution in [-0.2, 0) is 28.5 Å². The number of carbonyl (C=O) groups excluding carboxylic acids is 2. The molecule has 11 atom stereocenters. The van der Waals surface area contributed by atoms with Crippen molar-refractivity contribution in [1.82, 2.24) is 0 Å². The monoisotopic (exact) mass is 747 g/mol. The van der Waals surface area contributed by atoms with Gasteiger partial charge in [-0.05, 0) is 102 Å². The number of hydrogen-bond donors (Lipinski definition) is 2. The Balaban J connectivity index is 1.16. The van der Waals surface area contributed by atoms with Crippen LogP contribution in [0.2, 0.25) is 0 Å². The first kappa shape index (κ1) is 41.1. The Morgan fingerprint density at radius 3 is 1.89 bits per heavy atom. The Bertz CT molecular complexity index is 1340. The van der Waals surface area contributed by atoms with Crippen LogP contribution in [0.5, 0.6) is 0 Å². The normalized spacial score (nSPS) is 37.3. The fraction of sp³-hybridized carbons (Fsp3) is 0.907. The molecular weight excluding hydrogens is 672 g/mol. The van der Waals surface area contributed by atoms with E-state index < -0.39 is 17.6 Å². The standard InChI is InChI=1S/C43H74N2O8/c1-9-44(10-2,23-33-27-50-33)21-31(46)25-52-39(48)36-18-30-19-38-41(7)15-13-16-42(8,37(41)14-17-43(36,38)20-35(30)29(5)6)40(49)53-26-32(47)22-45(11-3,12-4)24-34-28-51-34/h20,29-34,36-38,46-47H,9-19,21-28H2,1-8H3/q+2/t30?,31?,32?,33?,34?,36?,37-,38-,41+,42-,43?/m1/s1. The molecule has 0 radical (unpaired) electrons. The van der Waals surface area contributed by atoms with Gasteiger partial charge in [0.1, 0.15) is 63.8 Å². The number of fused-ring (bicyclic) bond motifs is 2. The lowest BCUT2D eigenvalue weighted by Gasteiger charge is -2.68. The third-order valence-electron chi connectivity index (χ3n) is 16.0. The lowest BCUT2D eigenvalue weighted by atomic mass is 9.36. The predicted octanol–water partition coefficient (Wildman–Crippen LogP) is 5.14. The van der Waals surface area contributed by atoms with Crippen LogP contribution in [0, 0.1) is 45.8 Å². The second-order valence-corrected chi connectivity index (χ2v) is 19.2. The molecule has 3 saturated carbocycles. The van der Waals surface area contributed by atoms with Crippen LogP contribution in [-0.4, -0.2) is 134 Å². The van der Waals surface area contributed by atoms with Crippen molar-refractivity contribution in [3.05, 3.63) is 11.6 Å². The summed E-state index contributed by atoms with van der Waals surface area (Å²) < 4.78 is 24.8. The highest BCUT2D eigenvalue weighted by molar-refractivity contribution is 5.78. The minimum Gasteiger partial charge on any atom is -0.462 e. The van der Waals surface area contributed by atoms with E-state index in [1.54, 1.807) is 0 Å². The molecule has 2 N–H and O–H groups in total. The zero-order valence-electron chi connectivity index (χ0n) is 34.4. The molecule has 0 aromatic rings. The van der Waals surface area contributed by atoms with E-state index in [1.807, 2.05) is 0 Å². The summed E-state index contributed by atoms with van der Waals surface area (Å²) in [6.07, 6.45) is 7.89. The molecule has 5 aliphatic carbocycles. The van der Waals surface area contributed by atoms with Gasteiger partial charge in [0.25, 0.3) is 0 Å². The van der Waals surface area contributed by atoms with E-state index in [0.717, 1.165) is 106 Å². The average molecular weight is 747 g/mol. The quantitative estimate of drug-likeness (QED) is 0.0809. The second kappa shape index (κ2) is 15.8. The maximum absolute atomic E-state index is 14.3. The van der Waals surface area contributed by atoms with E-state index in [9.17, 15) is 19.8 Å². The topological polar surface area (TPSA) is 118 Å². The van der Waals surface area contributed by atoms with Crippen LogP contribution in [0.15, 0.2) is 11.6 Å².